The number of sulfonamides is 1. The predicted molar refractivity (Wildman–Crippen MR) is 95.3 cm³/mol. The lowest BCUT2D eigenvalue weighted by molar-refractivity contribution is 0.0760. The standard InChI is InChI=1S/C17H20N2O4S2/c1-3-23-11(2)17-18-15(10-24-17)16(20)19-25(21,22)14-8-7-12-5-4-6-13(12)9-14/h7-11H,3-6H2,1-2H3,(H,19,20). The second-order valence-electron chi connectivity index (χ2n) is 5.89. The zero-order valence-corrected chi connectivity index (χ0v) is 15.7. The first kappa shape index (κ1) is 18.0. The Morgan fingerprint density at radius 3 is 2.88 bits per heavy atom. The van der Waals surface area contributed by atoms with E-state index < -0.39 is 15.9 Å². The number of nitrogens with one attached hydrogen (secondary N) is 1. The highest BCUT2D eigenvalue weighted by molar-refractivity contribution is 7.90. The molecule has 1 aromatic carbocycles. The maximum absolute atomic E-state index is 12.5. The second kappa shape index (κ2) is 7.23. The van der Waals surface area contributed by atoms with Crippen molar-refractivity contribution in [1.82, 2.24) is 9.71 Å². The summed E-state index contributed by atoms with van der Waals surface area (Å²) in [6, 6.07) is 5.02. The minimum Gasteiger partial charge on any atom is -0.372 e. The van der Waals surface area contributed by atoms with Crippen molar-refractivity contribution in [2.45, 2.75) is 44.1 Å². The smallest absolute Gasteiger partial charge is 0.284 e. The Morgan fingerprint density at radius 2 is 2.12 bits per heavy atom. The Kier molecular flexibility index (Phi) is 5.21. The number of carbonyl (C=O) groups excluding carboxylic acids is 1. The van der Waals surface area contributed by atoms with Crippen molar-refractivity contribution < 1.29 is 17.9 Å². The molecule has 1 heterocycles. The van der Waals surface area contributed by atoms with Gasteiger partial charge in [0.1, 0.15) is 16.8 Å². The Labute approximate surface area is 151 Å². The second-order valence-corrected chi connectivity index (χ2v) is 8.46. The van der Waals surface area contributed by atoms with Gasteiger partial charge in [-0.05, 0) is 56.4 Å². The van der Waals surface area contributed by atoms with Gasteiger partial charge in [0.05, 0.1) is 4.90 Å². The summed E-state index contributed by atoms with van der Waals surface area (Å²) >= 11 is 1.27. The fourth-order valence-corrected chi connectivity index (χ4v) is 4.66. The van der Waals surface area contributed by atoms with Gasteiger partial charge in [0.15, 0.2) is 0 Å². The molecule has 25 heavy (non-hydrogen) atoms. The van der Waals surface area contributed by atoms with Gasteiger partial charge in [0.25, 0.3) is 15.9 Å². The lowest BCUT2D eigenvalue weighted by Gasteiger charge is -2.08. The minimum absolute atomic E-state index is 0.0799. The molecule has 0 aliphatic heterocycles. The number of benzene rings is 1. The van der Waals surface area contributed by atoms with E-state index in [4.69, 9.17) is 4.74 Å². The average molecular weight is 380 g/mol. The first-order valence-electron chi connectivity index (χ1n) is 8.16. The summed E-state index contributed by atoms with van der Waals surface area (Å²) in [6.07, 6.45) is 2.65. The van der Waals surface area contributed by atoms with Gasteiger partial charge >= 0.3 is 0 Å². The molecular formula is C17H20N2O4S2. The number of carbonyl (C=O) groups is 1. The average Bonchev–Trinajstić information content (AvgIpc) is 3.23. The number of aryl methyl sites for hydroxylation is 2. The highest BCUT2D eigenvalue weighted by atomic mass is 32.2. The first-order chi connectivity index (χ1) is 11.9. The number of nitrogens with zero attached hydrogens (tertiary/aromatic N) is 1. The highest BCUT2D eigenvalue weighted by Crippen LogP contribution is 2.25. The van der Waals surface area contributed by atoms with Crippen molar-refractivity contribution in [3.05, 3.63) is 45.4 Å². The van der Waals surface area contributed by atoms with Crippen LogP contribution in [0.5, 0.6) is 0 Å². The first-order valence-corrected chi connectivity index (χ1v) is 10.5. The number of thiazole rings is 1. The molecule has 1 unspecified atom stereocenters. The Hall–Kier alpha value is -1.77. The Balaban J connectivity index is 1.75. The minimum atomic E-state index is -3.92. The van der Waals surface area contributed by atoms with Gasteiger partial charge in [-0.2, -0.15) is 0 Å². The van der Waals surface area contributed by atoms with Gasteiger partial charge in [-0.3, -0.25) is 4.79 Å². The van der Waals surface area contributed by atoms with E-state index in [2.05, 4.69) is 9.71 Å². The molecule has 1 aliphatic carbocycles. The van der Waals surface area contributed by atoms with Crippen molar-refractivity contribution in [3.8, 4) is 0 Å². The third-order valence-corrected chi connectivity index (χ3v) is 6.46. The summed E-state index contributed by atoms with van der Waals surface area (Å²) < 4.78 is 32.5. The van der Waals surface area contributed by atoms with Gasteiger partial charge in [0.2, 0.25) is 0 Å². The molecule has 0 bridgehead atoms. The molecule has 134 valence electrons. The largest absolute Gasteiger partial charge is 0.372 e. The van der Waals surface area contributed by atoms with Crippen LogP contribution in [0.15, 0.2) is 28.5 Å². The SMILES string of the molecule is CCOC(C)c1nc(C(=O)NS(=O)(=O)c2ccc3c(c2)CCC3)cs1. The van der Waals surface area contributed by atoms with Gasteiger partial charge in [0, 0.05) is 12.0 Å². The molecule has 0 saturated heterocycles. The molecule has 1 aliphatic rings. The van der Waals surface area contributed by atoms with E-state index in [0.29, 0.717) is 11.6 Å². The summed E-state index contributed by atoms with van der Waals surface area (Å²) in [6.45, 7) is 4.25. The topological polar surface area (TPSA) is 85.4 Å². The molecule has 1 atom stereocenters. The molecule has 0 fully saturated rings. The van der Waals surface area contributed by atoms with Crippen molar-refractivity contribution in [2.75, 3.05) is 6.61 Å². The molecule has 0 spiro atoms. The molecular weight excluding hydrogens is 360 g/mol. The lowest BCUT2D eigenvalue weighted by atomic mass is 10.1. The molecule has 6 nitrogen and oxygen atoms in total. The highest BCUT2D eigenvalue weighted by Gasteiger charge is 2.23. The van der Waals surface area contributed by atoms with Crippen LogP contribution in [-0.4, -0.2) is 25.9 Å². The number of hydrogen-bond acceptors (Lipinski definition) is 6. The maximum Gasteiger partial charge on any atom is 0.284 e. The van der Waals surface area contributed by atoms with Crippen LogP contribution in [0.2, 0.25) is 0 Å². The number of amides is 1. The quantitative estimate of drug-likeness (QED) is 0.833. The zero-order valence-electron chi connectivity index (χ0n) is 14.1. The van der Waals surface area contributed by atoms with E-state index >= 15 is 0 Å². The predicted octanol–water partition coefficient (Wildman–Crippen LogP) is 2.85. The third kappa shape index (κ3) is 3.91. The van der Waals surface area contributed by atoms with Gasteiger partial charge in [-0.15, -0.1) is 11.3 Å². The van der Waals surface area contributed by atoms with E-state index in [1.165, 1.54) is 16.9 Å². The van der Waals surface area contributed by atoms with Crippen molar-refractivity contribution >= 4 is 27.3 Å². The van der Waals surface area contributed by atoms with E-state index in [-0.39, 0.29) is 16.7 Å². The van der Waals surface area contributed by atoms with Gasteiger partial charge < -0.3 is 4.74 Å². The molecule has 0 saturated carbocycles. The van der Waals surface area contributed by atoms with Crippen LogP contribution in [0.4, 0.5) is 0 Å². The Morgan fingerprint density at radius 1 is 1.36 bits per heavy atom. The summed E-state index contributed by atoms with van der Waals surface area (Å²) in [5.41, 5.74) is 2.30. The van der Waals surface area contributed by atoms with Crippen molar-refractivity contribution in [2.24, 2.45) is 0 Å². The Bertz CT molecular complexity index is 890. The van der Waals surface area contributed by atoms with Gasteiger partial charge in [-0.25, -0.2) is 18.1 Å². The molecule has 8 heteroatoms. The third-order valence-electron chi connectivity index (χ3n) is 4.13. The summed E-state index contributed by atoms with van der Waals surface area (Å²) in [5, 5.41) is 2.18. The number of hydrogen-bond donors (Lipinski definition) is 1. The van der Waals surface area contributed by atoms with Crippen LogP contribution in [0.25, 0.3) is 0 Å². The number of aromatic nitrogens is 1. The molecule has 3 rings (SSSR count). The van der Waals surface area contributed by atoms with E-state index in [1.54, 1.807) is 17.5 Å². The van der Waals surface area contributed by atoms with Crippen LogP contribution in [0.3, 0.4) is 0 Å². The van der Waals surface area contributed by atoms with Crippen LogP contribution in [0.1, 0.15) is 53.0 Å². The summed E-state index contributed by atoms with van der Waals surface area (Å²) in [5.74, 6) is -0.730. The molecule has 2 aromatic rings. The number of rotatable bonds is 6. The monoisotopic (exact) mass is 380 g/mol. The van der Waals surface area contributed by atoms with Crippen molar-refractivity contribution in [1.29, 1.82) is 0 Å². The lowest BCUT2D eigenvalue weighted by Crippen LogP contribution is -2.31. The molecule has 1 aromatic heterocycles. The summed E-state index contributed by atoms with van der Waals surface area (Å²) in [7, 11) is -3.92. The maximum atomic E-state index is 12.5. The van der Waals surface area contributed by atoms with E-state index in [1.807, 2.05) is 19.9 Å². The molecule has 1 N–H and O–H groups in total. The number of fused-ring (bicyclic) bond motifs is 1. The van der Waals surface area contributed by atoms with E-state index in [9.17, 15) is 13.2 Å². The molecule has 0 radical (unpaired) electrons. The zero-order chi connectivity index (χ0) is 18.0. The van der Waals surface area contributed by atoms with E-state index in [0.717, 1.165) is 24.8 Å². The van der Waals surface area contributed by atoms with Crippen LogP contribution in [-0.2, 0) is 27.6 Å². The van der Waals surface area contributed by atoms with Crippen molar-refractivity contribution in [3.63, 3.8) is 0 Å². The summed E-state index contributed by atoms with van der Waals surface area (Å²) in [4.78, 5) is 16.6. The van der Waals surface area contributed by atoms with Crippen LogP contribution < -0.4 is 4.72 Å². The number of ether oxygens (including phenoxy) is 1. The van der Waals surface area contributed by atoms with Gasteiger partial charge in [-0.1, -0.05) is 6.07 Å². The fraction of sp³-hybridized carbons (Fsp3) is 0.412. The normalized spacial score (nSPS) is 15.0. The van der Waals surface area contributed by atoms with Crippen LogP contribution >= 0.6 is 11.3 Å². The fourth-order valence-electron chi connectivity index (χ4n) is 2.85. The van der Waals surface area contributed by atoms with Crippen LogP contribution in [0, 0.1) is 0 Å². The molecule has 1 amide bonds.